The first kappa shape index (κ1) is 17.2. The van der Waals surface area contributed by atoms with E-state index in [2.05, 4.69) is 10.9 Å². The van der Waals surface area contributed by atoms with Crippen molar-refractivity contribution >= 4 is 33.0 Å². The lowest BCUT2D eigenvalue weighted by Gasteiger charge is -2.07. The van der Waals surface area contributed by atoms with Crippen LogP contribution in [0.5, 0.6) is 0 Å². The molecule has 0 fully saturated rings. The summed E-state index contributed by atoms with van der Waals surface area (Å²) in [6, 6.07) is 9.35. The maximum Gasteiger partial charge on any atom is 0.269 e. The summed E-state index contributed by atoms with van der Waals surface area (Å²) >= 11 is 1.57. The van der Waals surface area contributed by atoms with E-state index in [9.17, 15) is 18.0 Å². The number of carbonyl (C=O) groups excluding carboxylic acids is 2. The van der Waals surface area contributed by atoms with Gasteiger partial charge < -0.3 is 0 Å². The third-order valence-corrected chi connectivity index (χ3v) is 5.10. The highest BCUT2D eigenvalue weighted by Crippen LogP contribution is 2.11. The zero-order valence-corrected chi connectivity index (χ0v) is 14.0. The number of nitrogens with one attached hydrogen (secondary N) is 2. The Kier molecular flexibility index (Phi) is 5.51. The molecule has 1 heterocycles. The second-order valence-electron chi connectivity index (χ2n) is 4.88. The second-order valence-corrected chi connectivity index (χ2v) is 7.93. The summed E-state index contributed by atoms with van der Waals surface area (Å²) in [5.41, 5.74) is 4.90. The van der Waals surface area contributed by atoms with Gasteiger partial charge in [0.25, 0.3) is 5.91 Å². The molecule has 2 N–H and O–H groups in total. The van der Waals surface area contributed by atoms with Crippen LogP contribution in [0.2, 0.25) is 0 Å². The van der Waals surface area contributed by atoms with Gasteiger partial charge in [-0.05, 0) is 42.1 Å². The lowest BCUT2D eigenvalue weighted by atomic mass is 10.2. The zero-order chi connectivity index (χ0) is 16.9. The van der Waals surface area contributed by atoms with Crippen LogP contribution in [0, 0.1) is 0 Å². The summed E-state index contributed by atoms with van der Waals surface area (Å²) in [5, 5.41) is 1.94. The van der Waals surface area contributed by atoms with Gasteiger partial charge in [-0.1, -0.05) is 6.07 Å². The molecule has 0 unspecified atom stereocenters. The molecule has 0 aliphatic carbocycles. The number of aryl methyl sites for hydroxylation is 1. The topological polar surface area (TPSA) is 92.3 Å². The molecule has 0 bridgehead atoms. The smallest absolute Gasteiger partial charge is 0.269 e. The van der Waals surface area contributed by atoms with E-state index >= 15 is 0 Å². The number of amides is 2. The number of benzene rings is 1. The first-order chi connectivity index (χ1) is 10.9. The molecule has 0 atom stereocenters. The Morgan fingerprint density at radius 2 is 1.78 bits per heavy atom. The van der Waals surface area contributed by atoms with Crippen molar-refractivity contribution in [3.05, 3.63) is 52.2 Å². The molecule has 122 valence electrons. The van der Waals surface area contributed by atoms with Gasteiger partial charge in [-0.15, -0.1) is 11.3 Å². The van der Waals surface area contributed by atoms with Crippen molar-refractivity contribution in [3.63, 3.8) is 0 Å². The molecule has 2 rings (SSSR count). The van der Waals surface area contributed by atoms with Crippen molar-refractivity contribution in [3.8, 4) is 0 Å². The molecule has 0 spiro atoms. The summed E-state index contributed by atoms with van der Waals surface area (Å²) < 4.78 is 22.7. The zero-order valence-electron chi connectivity index (χ0n) is 12.4. The predicted octanol–water partition coefficient (Wildman–Crippen LogP) is 1.55. The highest BCUT2D eigenvalue weighted by Gasteiger charge is 2.10. The summed E-state index contributed by atoms with van der Waals surface area (Å²) in [5.74, 6) is -0.797. The van der Waals surface area contributed by atoms with Crippen molar-refractivity contribution < 1.29 is 18.0 Å². The monoisotopic (exact) mass is 352 g/mol. The Morgan fingerprint density at radius 3 is 2.35 bits per heavy atom. The number of hydrogen-bond donors (Lipinski definition) is 2. The molecule has 0 aliphatic rings. The average molecular weight is 352 g/mol. The van der Waals surface area contributed by atoms with Crippen molar-refractivity contribution in [1.29, 1.82) is 0 Å². The van der Waals surface area contributed by atoms with E-state index in [1.807, 2.05) is 17.5 Å². The molecule has 2 aromatic rings. The van der Waals surface area contributed by atoms with Crippen molar-refractivity contribution in [2.24, 2.45) is 0 Å². The van der Waals surface area contributed by atoms with E-state index in [-0.39, 0.29) is 22.8 Å². The van der Waals surface area contributed by atoms with Gasteiger partial charge in [-0.25, -0.2) is 8.42 Å². The molecule has 0 radical (unpaired) electrons. The average Bonchev–Trinajstić information content (AvgIpc) is 3.03. The van der Waals surface area contributed by atoms with Crippen LogP contribution in [0.3, 0.4) is 0 Å². The molecule has 1 aromatic heterocycles. The van der Waals surface area contributed by atoms with Gasteiger partial charge in [-0.3, -0.25) is 20.4 Å². The number of thiophene rings is 1. The lowest BCUT2D eigenvalue weighted by molar-refractivity contribution is -0.121. The fourth-order valence-electron chi connectivity index (χ4n) is 1.81. The first-order valence-electron chi connectivity index (χ1n) is 6.78. The van der Waals surface area contributed by atoms with E-state index in [0.29, 0.717) is 6.42 Å². The maximum atomic E-state index is 11.9. The van der Waals surface area contributed by atoms with Gasteiger partial charge in [0.1, 0.15) is 0 Å². The Balaban J connectivity index is 1.83. The largest absolute Gasteiger partial charge is 0.273 e. The van der Waals surface area contributed by atoms with Crippen molar-refractivity contribution in [2.45, 2.75) is 17.7 Å². The van der Waals surface area contributed by atoms with Crippen LogP contribution in [-0.2, 0) is 21.1 Å². The van der Waals surface area contributed by atoms with Gasteiger partial charge in [0.2, 0.25) is 5.91 Å². The summed E-state index contributed by atoms with van der Waals surface area (Å²) in [6.07, 6.45) is 1.98. The van der Waals surface area contributed by atoms with Crippen LogP contribution >= 0.6 is 11.3 Å². The summed E-state index contributed by atoms with van der Waals surface area (Å²) in [7, 11) is -3.30. The number of sulfone groups is 1. The fourth-order valence-corrected chi connectivity index (χ4v) is 3.15. The van der Waals surface area contributed by atoms with Crippen molar-refractivity contribution in [1.82, 2.24) is 10.9 Å². The molecule has 0 saturated heterocycles. The van der Waals surface area contributed by atoms with Crippen LogP contribution in [0.1, 0.15) is 21.7 Å². The van der Waals surface area contributed by atoms with Gasteiger partial charge in [0.15, 0.2) is 9.84 Å². The van der Waals surface area contributed by atoms with Crippen LogP contribution < -0.4 is 10.9 Å². The number of rotatable bonds is 5. The molecule has 1 aromatic carbocycles. The highest BCUT2D eigenvalue weighted by atomic mass is 32.2. The van der Waals surface area contributed by atoms with E-state index in [0.717, 1.165) is 11.1 Å². The Labute approximate surface area is 138 Å². The normalized spacial score (nSPS) is 11.0. The SMILES string of the molecule is CS(=O)(=O)c1ccc(C(=O)NNC(=O)CCc2cccs2)cc1. The molecule has 6 nitrogen and oxygen atoms in total. The third kappa shape index (κ3) is 5.19. The maximum absolute atomic E-state index is 11.9. The minimum atomic E-state index is -3.30. The number of hydrazine groups is 1. The Hall–Kier alpha value is -2.19. The summed E-state index contributed by atoms with van der Waals surface area (Å²) in [6.45, 7) is 0. The van der Waals surface area contributed by atoms with Crippen LogP contribution in [0.15, 0.2) is 46.7 Å². The van der Waals surface area contributed by atoms with Gasteiger partial charge in [0.05, 0.1) is 4.90 Å². The molecule has 23 heavy (non-hydrogen) atoms. The number of hydrogen-bond acceptors (Lipinski definition) is 5. The van der Waals surface area contributed by atoms with Crippen molar-refractivity contribution in [2.75, 3.05) is 6.26 Å². The van der Waals surface area contributed by atoms with E-state index in [1.165, 1.54) is 24.3 Å². The van der Waals surface area contributed by atoms with Gasteiger partial charge in [-0.2, -0.15) is 0 Å². The standard InChI is InChI=1S/C15H16N2O4S2/c1-23(20,21)13-7-4-11(5-8-13)15(19)17-16-14(18)9-6-12-3-2-10-22-12/h2-5,7-8,10H,6,9H2,1H3,(H,16,18)(H,17,19). The minimum Gasteiger partial charge on any atom is -0.273 e. The van der Waals surface area contributed by atoms with Gasteiger partial charge >= 0.3 is 0 Å². The van der Waals surface area contributed by atoms with Gasteiger partial charge in [0, 0.05) is 23.1 Å². The van der Waals surface area contributed by atoms with E-state index < -0.39 is 15.7 Å². The quantitative estimate of drug-likeness (QED) is 0.799. The van der Waals surface area contributed by atoms with Crippen LogP contribution in [0.4, 0.5) is 0 Å². The number of carbonyl (C=O) groups is 2. The molecule has 0 aliphatic heterocycles. The Morgan fingerprint density at radius 1 is 1.09 bits per heavy atom. The first-order valence-corrected chi connectivity index (χ1v) is 9.55. The molecule has 8 heteroatoms. The van der Waals surface area contributed by atoms with E-state index in [1.54, 1.807) is 11.3 Å². The van der Waals surface area contributed by atoms with E-state index in [4.69, 9.17) is 0 Å². The Bertz CT molecular complexity index is 781. The minimum absolute atomic E-state index is 0.133. The second kappa shape index (κ2) is 7.38. The van der Waals surface area contributed by atoms with Crippen LogP contribution in [0.25, 0.3) is 0 Å². The fraction of sp³-hybridized carbons (Fsp3) is 0.200. The molecular formula is C15H16N2O4S2. The molecule has 0 saturated carbocycles. The molecular weight excluding hydrogens is 336 g/mol. The molecule has 2 amide bonds. The predicted molar refractivity (Wildman–Crippen MR) is 87.8 cm³/mol. The third-order valence-electron chi connectivity index (χ3n) is 3.04. The lowest BCUT2D eigenvalue weighted by Crippen LogP contribution is -2.41. The van der Waals surface area contributed by atoms with Crippen LogP contribution in [-0.4, -0.2) is 26.5 Å². The summed E-state index contributed by atoms with van der Waals surface area (Å²) in [4.78, 5) is 24.8. The highest BCUT2D eigenvalue weighted by molar-refractivity contribution is 7.90.